The number of carbonyl (C=O) groups is 5. The van der Waals surface area contributed by atoms with Gasteiger partial charge < -0.3 is 35.8 Å². The van der Waals surface area contributed by atoms with Crippen LogP contribution in [0.2, 0.25) is 0 Å². The molecule has 1 aromatic heterocycles. The topological polar surface area (TPSA) is 231 Å². The van der Waals surface area contributed by atoms with Gasteiger partial charge in [-0.15, -0.1) is 0 Å². The van der Waals surface area contributed by atoms with Gasteiger partial charge in [0.1, 0.15) is 18.7 Å². The monoisotopic (exact) mass is 726 g/mol. The fourth-order valence-corrected chi connectivity index (χ4v) is 5.36. The first kappa shape index (κ1) is 40.0. The van der Waals surface area contributed by atoms with E-state index in [2.05, 4.69) is 31.0 Å². The Balaban J connectivity index is 1.65. The number of nitrogens with zero attached hydrogens (tertiary/aromatic N) is 1. The van der Waals surface area contributed by atoms with E-state index in [0.717, 1.165) is 22.4 Å². The lowest BCUT2D eigenvalue weighted by Crippen LogP contribution is -2.54. The van der Waals surface area contributed by atoms with Crippen LogP contribution in [0, 0.1) is 0 Å². The standard InChI is InChI=1S/C34H42N6O10S/c1-3-49-17-16-36-51(47,48)18-15-27(20-31(42)43)39-30(41)21-35-33(45)29(19-26-14-13-25-11-7-8-12-28(25)38-26)40-32(44)23(2)37-34(46)50-22-24-9-5-4-6-10-24/h4-15,18,23,27,29,36H,3,16-17,19-22H2,1-2H3,(H,35,45)(H,37,46)(H,39,41)(H,40,44)(H,42,43)/b18-15+/t23-,27+,29-/m0/s1. The molecule has 16 nitrogen and oxygen atoms in total. The highest BCUT2D eigenvalue weighted by Crippen LogP contribution is 2.13. The van der Waals surface area contributed by atoms with Crippen molar-refractivity contribution in [3.63, 3.8) is 0 Å². The van der Waals surface area contributed by atoms with Gasteiger partial charge in [0.25, 0.3) is 0 Å². The Morgan fingerprint density at radius 2 is 1.65 bits per heavy atom. The second-order valence-electron chi connectivity index (χ2n) is 11.1. The van der Waals surface area contributed by atoms with E-state index in [4.69, 9.17) is 9.47 Å². The highest BCUT2D eigenvalue weighted by atomic mass is 32.2. The number of alkyl carbamates (subject to hydrolysis) is 1. The average molecular weight is 727 g/mol. The molecule has 0 spiro atoms. The number of aromatic nitrogens is 1. The maximum absolute atomic E-state index is 13.4. The molecule has 17 heteroatoms. The summed E-state index contributed by atoms with van der Waals surface area (Å²) in [4.78, 5) is 67.5. The fourth-order valence-electron chi connectivity index (χ4n) is 4.49. The molecule has 0 bridgehead atoms. The van der Waals surface area contributed by atoms with Crippen LogP contribution in [0.4, 0.5) is 4.79 Å². The van der Waals surface area contributed by atoms with Crippen molar-refractivity contribution in [1.82, 2.24) is 31.0 Å². The summed E-state index contributed by atoms with van der Waals surface area (Å²) >= 11 is 0. The number of ether oxygens (including phenoxy) is 2. The number of carbonyl (C=O) groups excluding carboxylic acids is 4. The lowest BCUT2D eigenvalue weighted by atomic mass is 10.1. The van der Waals surface area contributed by atoms with E-state index in [-0.39, 0.29) is 26.2 Å². The normalized spacial score (nSPS) is 13.1. The van der Waals surface area contributed by atoms with Crippen LogP contribution in [0.15, 0.2) is 78.2 Å². The maximum Gasteiger partial charge on any atom is 0.408 e. The Labute approximate surface area is 295 Å². The summed E-state index contributed by atoms with van der Waals surface area (Å²) in [5.74, 6) is -3.64. The second kappa shape index (κ2) is 20.3. The van der Waals surface area contributed by atoms with Crippen molar-refractivity contribution in [3.8, 4) is 0 Å². The minimum Gasteiger partial charge on any atom is -0.481 e. The minimum atomic E-state index is -3.96. The molecule has 0 fully saturated rings. The molecular weight excluding hydrogens is 684 g/mol. The van der Waals surface area contributed by atoms with Gasteiger partial charge >= 0.3 is 12.1 Å². The SMILES string of the molecule is CCOCCNS(=O)(=O)/C=C/[C@H](CC(=O)O)NC(=O)CNC(=O)[C@H](Cc1ccc2ccccc2n1)NC(=O)[C@H](C)NC(=O)OCc1ccccc1. The van der Waals surface area contributed by atoms with Gasteiger partial charge in [-0.25, -0.2) is 17.9 Å². The number of hydrogen-bond acceptors (Lipinski definition) is 10. The number of benzene rings is 2. The number of nitrogens with one attached hydrogen (secondary N) is 5. The number of carboxylic acid groups (broad SMARTS) is 1. The van der Waals surface area contributed by atoms with Gasteiger partial charge in [-0.1, -0.05) is 54.6 Å². The van der Waals surface area contributed by atoms with E-state index >= 15 is 0 Å². The molecule has 0 radical (unpaired) electrons. The molecule has 0 saturated heterocycles. The van der Waals surface area contributed by atoms with Crippen molar-refractivity contribution in [2.45, 2.75) is 51.4 Å². The molecule has 274 valence electrons. The highest BCUT2D eigenvalue weighted by Gasteiger charge is 2.26. The molecule has 3 rings (SSSR count). The van der Waals surface area contributed by atoms with Gasteiger partial charge in [-0.05, 0) is 37.6 Å². The van der Waals surface area contributed by atoms with Crippen LogP contribution in [-0.2, 0) is 51.7 Å². The molecule has 0 aliphatic heterocycles. The first-order valence-corrected chi connectivity index (χ1v) is 17.6. The van der Waals surface area contributed by atoms with E-state index in [1.54, 1.807) is 55.5 Å². The van der Waals surface area contributed by atoms with Crippen molar-refractivity contribution in [2.24, 2.45) is 0 Å². The third-order valence-electron chi connectivity index (χ3n) is 7.05. The largest absolute Gasteiger partial charge is 0.481 e. The Morgan fingerprint density at radius 3 is 2.37 bits per heavy atom. The zero-order valence-electron chi connectivity index (χ0n) is 28.2. The smallest absolute Gasteiger partial charge is 0.408 e. The quantitative estimate of drug-likeness (QED) is 0.0904. The Morgan fingerprint density at radius 1 is 0.922 bits per heavy atom. The summed E-state index contributed by atoms with van der Waals surface area (Å²) in [6.07, 6.45) is -0.581. The number of pyridine rings is 1. The molecule has 0 saturated carbocycles. The van der Waals surface area contributed by atoms with Crippen LogP contribution in [0.5, 0.6) is 0 Å². The van der Waals surface area contributed by atoms with Gasteiger partial charge in [0.15, 0.2) is 0 Å². The van der Waals surface area contributed by atoms with Gasteiger partial charge in [0, 0.05) is 36.1 Å². The average Bonchev–Trinajstić information content (AvgIpc) is 3.10. The van der Waals surface area contributed by atoms with Gasteiger partial charge in [-0.2, -0.15) is 0 Å². The number of hydrogen-bond donors (Lipinski definition) is 6. The van der Waals surface area contributed by atoms with Gasteiger partial charge in [0.2, 0.25) is 27.7 Å². The number of fused-ring (bicyclic) bond motifs is 1. The summed E-state index contributed by atoms with van der Waals surface area (Å²) < 4.78 is 37.0. The molecule has 51 heavy (non-hydrogen) atoms. The van der Waals surface area contributed by atoms with Crippen molar-refractivity contribution < 1.29 is 47.0 Å². The van der Waals surface area contributed by atoms with Crippen LogP contribution in [0.1, 0.15) is 31.5 Å². The molecule has 2 aromatic carbocycles. The third-order valence-corrected chi connectivity index (χ3v) is 8.17. The Hall–Kier alpha value is -5.39. The van der Waals surface area contributed by atoms with Crippen LogP contribution < -0.4 is 26.0 Å². The van der Waals surface area contributed by atoms with E-state index in [1.807, 2.05) is 18.2 Å². The van der Waals surface area contributed by atoms with Crippen LogP contribution >= 0.6 is 0 Å². The molecule has 3 atom stereocenters. The van der Waals surface area contributed by atoms with Gasteiger partial charge in [-0.3, -0.25) is 24.2 Å². The number of rotatable bonds is 20. The summed E-state index contributed by atoms with van der Waals surface area (Å²) in [7, 11) is -3.96. The first-order valence-electron chi connectivity index (χ1n) is 16.0. The maximum atomic E-state index is 13.4. The summed E-state index contributed by atoms with van der Waals surface area (Å²) in [5.41, 5.74) is 1.85. The van der Waals surface area contributed by atoms with E-state index < -0.39 is 70.9 Å². The van der Waals surface area contributed by atoms with E-state index in [0.29, 0.717) is 17.8 Å². The summed E-state index contributed by atoms with van der Waals surface area (Å²) in [5, 5.41) is 20.6. The molecule has 0 unspecified atom stereocenters. The summed E-state index contributed by atoms with van der Waals surface area (Å²) in [6, 6.07) is 16.1. The number of aliphatic carboxylic acids is 1. The Kier molecular flexibility index (Phi) is 16.0. The molecule has 4 amide bonds. The lowest BCUT2D eigenvalue weighted by Gasteiger charge is -2.21. The fraction of sp³-hybridized carbons (Fsp3) is 0.353. The zero-order valence-corrected chi connectivity index (χ0v) is 29.0. The molecule has 3 aromatic rings. The summed E-state index contributed by atoms with van der Waals surface area (Å²) in [6.45, 7) is 3.01. The molecule has 0 aliphatic carbocycles. The van der Waals surface area contributed by atoms with E-state index in [9.17, 15) is 37.5 Å². The van der Waals surface area contributed by atoms with Crippen molar-refractivity contribution >= 4 is 50.7 Å². The molecular formula is C34H42N6O10S. The molecule has 1 heterocycles. The van der Waals surface area contributed by atoms with Crippen LogP contribution in [-0.4, -0.2) is 92.7 Å². The third kappa shape index (κ3) is 14.9. The second-order valence-corrected chi connectivity index (χ2v) is 12.8. The number of amides is 4. The molecule has 0 aliphatic rings. The lowest BCUT2D eigenvalue weighted by molar-refractivity contribution is -0.137. The first-order chi connectivity index (χ1) is 24.3. The van der Waals surface area contributed by atoms with E-state index in [1.165, 1.54) is 6.92 Å². The minimum absolute atomic E-state index is 0.0118. The van der Waals surface area contributed by atoms with Crippen LogP contribution in [0.3, 0.4) is 0 Å². The number of para-hydroxylation sites is 1. The number of carboxylic acids is 1. The highest BCUT2D eigenvalue weighted by molar-refractivity contribution is 7.92. The van der Waals surface area contributed by atoms with Crippen molar-refractivity contribution in [3.05, 3.63) is 89.5 Å². The molecule has 6 N–H and O–H groups in total. The van der Waals surface area contributed by atoms with Crippen molar-refractivity contribution in [1.29, 1.82) is 0 Å². The predicted molar refractivity (Wildman–Crippen MR) is 186 cm³/mol. The zero-order chi connectivity index (χ0) is 37.2. The number of sulfonamides is 1. The predicted octanol–water partition coefficient (Wildman–Crippen LogP) is 1.12. The van der Waals surface area contributed by atoms with Crippen LogP contribution in [0.25, 0.3) is 10.9 Å². The Bertz CT molecular complexity index is 1790. The van der Waals surface area contributed by atoms with Gasteiger partial charge in [0.05, 0.1) is 31.1 Å². The van der Waals surface area contributed by atoms with Crippen molar-refractivity contribution in [2.75, 3.05) is 26.3 Å².